The molecule has 1 aromatic rings. The monoisotopic (exact) mass is 257 g/mol. The molecule has 0 radical (unpaired) electrons. The van der Waals surface area contributed by atoms with E-state index in [1.807, 2.05) is 0 Å². The Morgan fingerprint density at radius 2 is 1.95 bits per heavy atom. The maximum absolute atomic E-state index is 3.98. The Balaban J connectivity index is 1.75. The normalized spacial score (nSPS) is 33.1. The van der Waals surface area contributed by atoms with Crippen LogP contribution in [0.15, 0.2) is 24.3 Å². The summed E-state index contributed by atoms with van der Waals surface area (Å²) in [6, 6.07) is 10.3. The number of hydrogen-bond donors (Lipinski definition) is 1. The molecule has 1 N–H and O–H groups in total. The van der Waals surface area contributed by atoms with Crippen molar-refractivity contribution in [2.45, 2.75) is 65.0 Å². The number of rotatable bonds is 2. The third kappa shape index (κ3) is 2.72. The number of benzene rings is 1. The molecule has 1 heteroatoms. The van der Waals surface area contributed by atoms with Gasteiger partial charge < -0.3 is 5.32 Å². The van der Waals surface area contributed by atoms with E-state index in [0.717, 1.165) is 5.92 Å². The van der Waals surface area contributed by atoms with Crippen molar-refractivity contribution in [3.63, 3.8) is 0 Å². The Labute approximate surface area is 117 Å². The number of fused-ring (bicyclic) bond motifs is 1. The first-order valence-corrected chi connectivity index (χ1v) is 7.89. The van der Waals surface area contributed by atoms with Crippen molar-refractivity contribution in [1.29, 1.82) is 0 Å². The highest BCUT2D eigenvalue weighted by atomic mass is 15.0. The van der Waals surface area contributed by atoms with Crippen molar-refractivity contribution >= 4 is 0 Å². The molecule has 3 unspecified atom stereocenters. The molecule has 0 aromatic heterocycles. The summed E-state index contributed by atoms with van der Waals surface area (Å²) in [4.78, 5) is 0. The molecule has 3 atom stereocenters. The molecule has 1 saturated carbocycles. The smallest absolute Gasteiger partial charge is 0.0325 e. The predicted octanol–water partition coefficient (Wildman–Crippen LogP) is 4.48. The predicted molar refractivity (Wildman–Crippen MR) is 81.2 cm³/mol. The van der Waals surface area contributed by atoms with E-state index >= 15 is 0 Å². The van der Waals surface area contributed by atoms with Gasteiger partial charge in [-0.1, -0.05) is 45.0 Å². The van der Waals surface area contributed by atoms with Crippen LogP contribution in [0, 0.1) is 11.3 Å². The third-order valence-corrected chi connectivity index (χ3v) is 5.12. The minimum Gasteiger partial charge on any atom is -0.307 e. The SMILES string of the molecule is CC1CC(C)(C)CC1NC1CCCc2ccccc21. The van der Waals surface area contributed by atoms with Gasteiger partial charge in [-0.3, -0.25) is 0 Å². The zero-order valence-electron chi connectivity index (χ0n) is 12.6. The van der Waals surface area contributed by atoms with E-state index < -0.39 is 0 Å². The fraction of sp³-hybridized carbons (Fsp3) is 0.667. The number of nitrogens with one attached hydrogen (secondary N) is 1. The zero-order valence-corrected chi connectivity index (χ0v) is 12.6. The zero-order chi connectivity index (χ0) is 13.5. The highest BCUT2D eigenvalue weighted by molar-refractivity contribution is 5.32. The van der Waals surface area contributed by atoms with E-state index in [2.05, 4.69) is 50.4 Å². The van der Waals surface area contributed by atoms with Gasteiger partial charge >= 0.3 is 0 Å². The van der Waals surface area contributed by atoms with Crippen LogP contribution in [-0.2, 0) is 6.42 Å². The molecule has 0 bridgehead atoms. The minimum atomic E-state index is 0.519. The Morgan fingerprint density at radius 3 is 2.68 bits per heavy atom. The average molecular weight is 257 g/mol. The van der Waals surface area contributed by atoms with Crippen LogP contribution in [0.4, 0.5) is 0 Å². The molecule has 0 spiro atoms. The Hall–Kier alpha value is -0.820. The van der Waals surface area contributed by atoms with Gasteiger partial charge in [-0.25, -0.2) is 0 Å². The van der Waals surface area contributed by atoms with E-state index in [1.54, 1.807) is 11.1 Å². The molecular weight excluding hydrogens is 230 g/mol. The fourth-order valence-electron chi connectivity index (χ4n) is 4.30. The first-order chi connectivity index (χ1) is 9.05. The topological polar surface area (TPSA) is 12.0 Å². The molecule has 1 fully saturated rings. The van der Waals surface area contributed by atoms with Gasteiger partial charge in [0.2, 0.25) is 0 Å². The molecule has 0 saturated heterocycles. The van der Waals surface area contributed by atoms with Crippen LogP contribution < -0.4 is 5.32 Å². The second kappa shape index (κ2) is 4.94. The summed E-state index contributed by atoms with van der Waals surface area (Å²) in [5, 5.41) is 3.98. The van der Waals surface area contributed by atoms with Crippen molar-refractivity contribution in [2.75, 3.05) is 0 Å². The lowest BCUT2D eigenvalue weighted by Crippen LogP contribution is -2.36. The summed E-state index contributed by atoms with van der Waals surface area (Å²) in [6.07, 6.45) is 6.59. The highest BCUT2D eigenvalue weighted by Gasteiger charge is 2.37. The van der Waals surface area contributed by atoms with Crippen molar-refractivity contribution < 1.29 is 0 Å². The molecule has 0 amide bonds. The largest absolute Gasteiger partial charge is 0.307 e. The van der Waals surface area contributed by atoms with Crippen LogP contribution in [-0.4, -0.2) is 6.04 Å². The highest BCUT2D eigenvalue weighted by Crippen LogP contribution is 2.42. The first-order valence-electron chi connectivity index (χ1n) is 7.89. The molecule has 3 rings (SSSR count). The Morgan fingerprint density at radius 1 is 1.16 bits per heavy atom. The molecular formula is C18H27N. The summed E-state index contributed by atoms with van der Waals surface area (Å²) in [5.74, 6) is 0.809. The third-order valence-electron chi connectivity index (χ3n) is 5.12. The molecule has 2 aliphatic rings. The van der Waals surface area contributed by atoms with Gasteiger partial charge in [0.05, 0.1) is 0 Å². The Bertz CT molecular complexity index is 449. The van der Waals surface area contributed by atoms with Crippen LogP contribution in [0.3, 0.4) is 0 Å². The maximum Gasteiger partial charge on any atom is 0.0325 e. The molecule has 0 aliphatic heterocycles. The lowest BCUT2D eigenvalue weighted by Gasteiger charge is -2.31. The summed E-state index contributed by atoms with van der Waals surface area (Å²) >= 11 is 0. The van der Waals surface area contributed by atoms with Crippen LogP contribution in [0.1, 0.15) is 63.6 Å². The average Bonchev–Trinajstić information content (AvgIpc) is 2.63. The van der Waals surface area contributed by atoms with Gasteiger partial charge in [-0.2, -0.15) is 0 Å². The molecule has 0 heterocycles. The van der Waals surface area contributed by atoms with E-state index in [1.165, 1.54) is 32.1 Å². The van der Waals surface area contributed by atoms with Gasteiger partial charge in [0, 0.05) is 12.1 Å². The van der Waals surface area contributed by atoms with Gasteiger partial charge in [-0.05, 0) is 54.6 Å². The molecule has 19 heavy (non-hydrogen) atoms. The quantitative estimate of drug-likeness (QED) is 0.823. The molecule has 1 nitrogen and oxygen atoms in total. The van der Waals surface area contributed by atoms with E-state index in [4.69, 9.17) is 0 Å². The molecule has 2 aliphatic carbocycles. The molecule has 104 valence electrons. The lowest BCUT2D eigenvalue weighted by molar-refractivity contribution is 0.337. The van der Waals surface area contributed by atoms with Crippen molar-refractivity contribution in [1.82, 2.24) is 5.32 Å². The number of hydrogen-bond acceptors (Lipinski definition) is 1. The van der Waals surface area contributed by atoms with Gasteiger partial charge in [0.1, 0.15) is 0 Å². The van der Waals surface area contributed by atoms with Gasteiger partial charge in [0.25, 0.3) is 0 Å². The van der Waals surface area contributed by atoms with Crippen LogP contribution in [0.5, 0.6) is 0 Å². The van der Waals surface area contributed by atoms with Crippen molar-refractivity contribution in [2.24, 2.45) is 11.3 Å². The van der Waals surface area contributed by atoms with E-state index in [0.29, 0.717) is 17.5 Å². The fourth-order valence-corrected chi connectivity index (χ4v) is 4.30. The van der Waals surface area contributed by atoms with Gasteiger partial charge in [-0.15, -0.1) is 0 Å². The van der Waals surface area contributed by atoms with Gasteiger partial charge in [0.15, 0.2) is 0 Å². The van der Waals surface area contributed by atoms with Crippen molar-refractivity contribution in [3.8, 4) is 0 Å². The van der Waals surface area contributed by atoms with E-state index in [-0.39, 0.29) is 0 Å². The van der Waals surface area contributed by atoms with Crippen LogP contribution >= 0.6 is 0 Å². The summed E-state index contributed by atoms with van der Waals surface area (Å²) in [7, 11) is 0. The standard InChI is InChI=1S/C18H27N/c1-13-11-18(2,3)12-17(13)19-16-10-6-8-14-7-4-5-9-15(14)16/h4-5,7,9,13,16-17,19H,6,8,10-12H2,1-3H3. The first kappa shape index (κ1) is 13.2. The van der Waals surface area contributed by atoms with Crippen molar-refractivity contribution in [3.05, 3.63) is 35.4 Å². The summed E-state index contributed by atoms with van der Waals surface area (Å²) < 4.78 is 0. The lowest BCUT2D eigenvalue weighted by atomic mass is 9.86. The second-order valence-electron chi connectivity index (χ2n) is 7.47. The van der Waals surface area contributed by atoms with Crippen LogP contribution in [0.25, 0.3) is 0 Å². The molecule has 1 aromatic carbocycles. The number of aryl methyl sites for hydroxylation is 1. The van der Waals surface area contributed by atoms with E-state index in [9.17, 15) is 0 Å². The maximum atomic E-state index is 3.98. The van der Waals surface area contributed by atoms with Crippen LogP contribution in [0.2, 0.25) is 0 Å². The minimum absolute atomic E-state index is 0.519. The summed E-state index contributed by atoms with van der Waals surface area (Å²) in [6.45, 7) is 7.25. The Kier molecular flexibility index (Phi) is 3.42. The summed E-state index contributed by atoms with van der Waals surface area (Å²) in [5.41, 5.74) is 3.65. The second-order valence-corrected chi connectivity index (χ2v) is 7.47.